The second-order valence-corrected chi connectivity index (χ2v) is 5.39. The van der Waals surface area contributed by atoms with Crippen LogP contribution in [-0.2, 0) is 4.74 Å². The van der Waals surface area contributed by atoms with Crippen LogP contribution in [0.25, 0.3) is 11.1 Å². The number of carbonyl (C=O) groups is 1. The molecule has 1 amide bonds. The normalized spacial score (nSPS) is 17.9. The lowest BCUT2D eigenvalue weighted by atomic mass is 10.0. The third-order valence-electron chi connectivity index (χ3n) is 3.72. The smallest absolute Gasteiger partial charge is 0.248 e. The Morgan fingerprint density at radius 1 is 1.09 bits per heavy atom. The SMILES string of the molecule is NC(=O)c1cccc(-c2cccc(OC3CCCCO3)c2)c1. The first kappa shape index (κ1) is 14.6. The first-order chi connectivity index (χ1) is 10.7. The average Bonchev–Trinajstić information content (AvgIpc) is 2.56. The van der Waals surface area contributed by atoms with Crippen molar-refractivity contribution in [1.29, 1.82) is 0 Å². The lowest BCUT2D eigenvalue weighted by Crippen LogP contribution is -2.24. The van der Waals surface area contributed by atoms with Gasteiger partial charge in [-0.05, 0) is 48.2 Å². The maximum Gasteiger partial charge on any atom is 0.248 e. The minimum Gasteiger partial charge on any atom is -0.465 e. The summed E-state index contributed by atoms with van der Waals surface area (Å²) in [7, 11) is 0. The van der Waals surface area contributed by atoms with Gasteiger partial charge >= 0.3 is 0 Å². The summed E-state index contributed by atoms with van der Waals surface area (Å²) in [6.45, 7) is 0.755. The van der Waals surface area contributed by atoms with E-state index in [0.717, 1.165) is 42.7 Å². The third-order valence-corrected chi connectivity index (χ3v) is 3.72. The second-order valence-electron chi connectivity index (χ2n) is 5.39. The molecule has 0 radical (unpaired) electrons. The van der Waals surface area contributed by atoms with Crippen molar-refractivity contribution in [2.75, 3.05) is 6.61 Å². The fraction of sp³-hybridized carbons (Fsp3) is 0.278. The van der Waals surface area contributed by atoms with Crippen LogP contribution in [0.15, 0.2) is 48.5 Å². The Balaban J connectivity index is 1.81. The molecule has 0 bridgehead atoms. The summed E-state index contributed by atoms with van der Waals surface area (Å²) in [5, 5.41) is 0. The van der Waals surface area contributed by atoms with E-state index < -0.39 is 5.91 Å². The van der Waals surface area contributed by atoms with Crippen LogP contribution in [0.5, 0.6) is 5.75 Å². The first-order valence-electron chi connectivity index (χ1n) is 7.51. The van der Waals surface area contributed by atoms with Crippen LogP contribution in [-0.4, -0.2) is 18.8 Å². The van der Waals surface area contributed by atoms with Crippen LogP contribution in [0.1, 0.15) is 29.6 Å². The molecule has 0 spiro atoms. The fourth-order valence-corrected chi connectivity index (χ4v) is 2.56. The van der Waals surface area contributed by atoms with Crippen LogP contribution < -0.4 is 10.5 Å². The van der Waals surface area contributed by atoms with Gasteiger partial charge in [-0.25, -0.2) is 0 Å². The van der Waals surface area contributed by atoms with Crippen LogP contribution in [0.4, 0.5) is 0 Å². The van der Waals surface area contributed by atoms with Gasteiger partial charge in [-0.15, -0.1) is 0 Å². The summed E-state index contributed by atoms with van der Waals surface area (Å²) in [6, 6.07) is 15.1. The molecule has 4 heteroatoms. The topological polar surface area (TPSA) is 61.6 Å². The molecule has 0 aromatic heterocycles. The van der Waals surface area contributed by atoms with Gasteiger partial charge in [-0.2, -0.15) is 0 Å². The minimum atomic E-state index is -0.426. The van der Waals surface area contributed by atoms with Crippen LogP contribution in [0, 0.1) is 0 Å². The molecule has 1 aliphatic rings. The molecule has 1 saturated heterocycles. The number of carbonyl (C=O) groups excluding carboxylic acids is 1. The van der Waals surface area contributed by atoms with E-state index in [-0.39, 0.29) is 6.29 Å². The number of hydrogen-bond donors (Lipinski definition) is 1. The fourth-order valence-electron chi connectivity index (χ4n) is 2.56. The molecule has 2 aromatic rings. The number of rotatable bonds is 4. The summed E-state index contributed by atoms with van der Waals surface area (Å²) in [4.78, 5) is 11.3. The molecule has 0 aliphatic carbocycles. The molecule has 1 heterocycles. The van der Waals surface area contributed by atoms with Crippen molar-refractivity contribution < 1.29 is 14.3 Å². The zero-order valence-corrected chi connectivity index (χ0v) is 12.3. The highest BCUT2D eigenvalue weighted by Crippen LogP contribution is 2.26. The molecule has 114 valence electrons. The first-order valence-corrected chi connectivity index (χ1v) is 7.51. The van der Waals surface area contributed by atoms with E-state index in [1.165, 1.54) is 0 Å². The molecule has 1 unspecified atom stereocenters. The molecule has 0 saturated carbocycles. The average molecular weight is 297 g/mol. The van der Waals surface area contributed by atoms with Gasteiger partial charge in [0.15, 0.2) is 6.29 Å². The lowest BCUT2D eigenvalue weighted by molar-refractivity contribution is -0.105. The Bertz CT molecular complexity index is 663. The van der Waals surface area contributed by atoms with Gasteiger partial charge in [0, 0.05) is 12.0 Å². The van der Waals surface area contributed by atoms with Gasteiger partial charge in [0.2, 0.25) is 5.91 Å². The quantitative estimate of drug-likeness (QED) is 0.941. The number of nitrogens with two attached hydrogens (primary N) is 1. The zero-order chi connectivity index (χ0) is 15.4. The molecule has 1 aliphatic heterocycles. The van der Waals surface area contributed by atoms with Gasteiger partial charge < -0.3 is 15.2 Å². The van der Waals surface area contributed by atoms with Crippen molar-refractivity contribution >= 4 is 5.91 Å². The largest absolute Gasteiger partial charge is 0.465 e. The van der Waals surface area contributed by atoms with Gasteiger partial charge in [0.25, 0.3) is 0 Å². The van der Waals surface area contributed by atoms with E-state index in [2.05, 4.69) is 0 Å². The number of hydrogen-bond acceptors (Lipinski definition) is 3. The molecule has 3 rings (SSSR count). The van der Waals surface area contributed by atoms with Crippen molar-refractivity contribution in [3.8, 4) is 16.9 Å². The summed E-state index contributed by atoms with van der Waals surface area (Å²) >= 11 is 0. The highest BCUT2D eigenvalue weighted by molar-refractivity contribution is 5.94. The summed E-state index contributed by atoms with van der Waals surface area (Å²) in [5.41, 5.74) is 7.75. The van der Waals surface area contributed by atoms with Gasteiger partial charge in [0.1, 0.15) is 5.75 Å². The van der Waals surface area contributed by atoms with Crippen molar-refractivity contribution in [3.05, 3.63) is 54.1 Å². The summed E-state index contributed by atoms with van der Waals surface area (Å²) in [6.07, 6.45) is 2.98. The highest BCUT2D eigenvalue weighted by atomic mass is 16.7. The molecule has 2 N–H and O–H groups in total. The molecule has 2 aromatic carbocycles. The standard InChI is InChI=1S/C18H19NO3/c19-18(20)15-7-3-5-13(11-15)14-6-4-8-16(12-14)22-17-9-1-2-10-21-17/h3-8,11-12,17H,1-2,9-10H2,(H2,19,20). The Kier molecular flexibility index (Phi) is 4.39. The van der Waals surface area contributed by atoms with Crippen LogP contribution >= 0.6 is 0 Å². The minimum absolute atomic E-state index is 0.166. The predicted octanol–water partition coefficient (Wildman–Crippen LogP) is 3.36. The molecule has 4 nitrogen and oxygen atoms in total. The van der Waals surface area contributed by atoms with E-state index in [9.17, 15) is 4.79 Å². The number of amides is 1. The van der Waals surface area contributed by atoms with E-state index in [1.807, 2.05) is 36.4 Å². The van der Waals surface area contributed by atoms with Crippen LogP contribution in [0.3, 0.4) is 0 Å². The van der Waals surface area contributed by atoms with E-state index in [0.29, 0.717) is 5.56 Å². The number of primary amides is 1. The molecule has 22 heavy (non-hydrogen) atoms. The van der Waals surface area contributed by atoms with Crippen LogP contribution in [0.2, 0.25) is 0 Å². The van der Waals surface area contributed by atoms with E-state index in [1.54, 1.807) is 12.1 Å². The monoisotopic (exact) mass is 297 g/mol. The second kappa shape index (κ2) is 6.62. The summed E-state index contributed by atoms with van der Waals surface area (Å²) in [5.74, 6) is 0.346. The molecule has 1 atom stereocenters. The maximum absolute atomic E-state index is 11.3. The Morgan fingerprint density at radius 2 is 1.86 bits per heavy atom. The maximum atomic E-state index is 11.3. The third kappa shape index (κ3) is 3.46. The van der Waals surface area contributed by atoms with Crippen molar-refractivity contribution in [2.45, 2.75) is 25.6 Å². The molecular formula is C18H19NO3. The Morgan fingerprint density at radius 3 is 2.59 bits per heavy atom. The van der Waals surface area contributed by atoms with Crippen molar-refractivity contribution in [1.82, 2.24) is 0 Å². The zero-order valence-electron chi connectivity index (χ0n) is 12.3. The van der Waals surface area contributed by atoms with Gasteiger partial charge in [-0.3, -0.25) is 4.79 Å². The van der Waals surface area contributed by atoms with Crippen molar-refractivity contribution in [3.63, 3.8) is 0 Å². The van der Waals surface area contributed by atoms with Crippen molar-refractivity contribution in [2.24, 2.45) is 5.73 Å². The lowest BCUT2D eigenvalue weighted by Gasteiger charge is -2.23. The summed E-state index contributed by atoms with van der Waals surface area (Å²) < 4.78 is 11.5. The highest BCUT2D eigenvalue weighted by Gasteiger charge is 2.15. The molecular weight excluding hydrogens is 278 g/mol. The predicted molar refractivity (Wildman–Crippen MR) is 84.6 cm³/mol. The number of ether oxygens (including phenoxy) is 2. The Labute approximate surface area is 129 Å². The van der Waals surface area contributed by atoms with E-state index in [4.69, 9.17) is 15.2 Å². The van der Waals surface area contributed by atoms with E-state index >= 15 is 0 Å². The molecule has 1 fully saturated rings. The van der Waals surface area contributed by atoms with Gasteiger partial charge in [-0.1, -0.05) is 24.3 Å². The number of benzene rings is 2. The van der Waals surface area contributed by atoms with Gasteiger partial charge in [0.05, 0.1) is 6.61 Å². The Hall–Kier alpha value is -2.33.